The second kappa shape index (κ2) is 14.2. The maximum absolute atomic E-state index is 11.0. The van der Waals surface area contributed by atoms with E-state index in [9.17, 15) is 9.59 Å². The fourth-order valence-electron chi connectivity index (χ4n) is 1.94. The van der Waals surface area contributed by atoms with Gasteiger partial charge in [0, 0.05) is 37.7 Å². The van der Waals surface area contributed by atoms with E-state index in [0.29, 0.717) is 37.7 Å². The van der Waals surface area contributed by atoms with Crippen LogP contribution in [0.25, 0.3) is 0 Å². The van der Waals surface area contributed by atoms with Gasteiger partial charge in [0.2, 0.25) is 11.8 Å². The molecular weight excluding hydrogens is 371 g/mol. The van der Waals surface area contributed by atoms with Crippen molar-refractivity contribution in [1.29, 1.82) is 0 Å². The van der Waals surface area contributed by atoms with Crippen molar-refractivity contribution in [2.24, 2.45) is 0 Å². The van der Waals surface area contributed by atoms with Crippen molar-refractivity contribution in [2.45, 2.75) is 25.9 Å². The summed E-state index contributed by atoms with van der Waals surface area (Å²) >= 11 is 10.8. The summed E-state index contributed by atoms with van der Waals surface area (Å²) in [5.41, 5.74) is 2.20. The average Bonchev–Trinajstić information content (AvgIpc) is 2.67. The Balaban J connectivity index is 0.000000260. The van der Waals surface area contributed by atoms with Gasteiger partial charge in [-0.25, -0.2) is 0 Å². The Morgan fingerprint density at radius 2 is 1.00 bits per heavy atom. The number of nitrogens with one attached hydrogen (secondary N) is 2. The molecule has 2 rings (SSSR count). The van der Waals surface area contributed by atoms with Gasteiger partial charge in [0.25, 0.3) is 0 Å². The normalized spacial score (nSPS) is 9.62. The lowest BCUT2D eigenvalue weighted by Crippen LogP contribution is -2.22. The number of benzene rings is 2. The highest BCUT2D eigenvalue weighted by Crippen LogP contribution is 1.98. The summed E-state index contributed by atoms with van der Waals surface area (Å²) in [7, 11) is 0. The number of carbonyl (C=O) groups excluding carboxylic acids is 2. The van der Waals surface area contributed by atoms with Crippen LogP contribution in [0.5, 0.6) is 0 Å². The molecule has 6 heteroatoms. The molecule has 0 aliphatic carbocycles. The Hall–Kier alpha value is -2.04. The van der Waals surface area contributed by atoms with Crippen molar-refractivity contribution in [3.63, 3.8) is 0 Å². The lowest BCUT2D eigenvalue weighted by Gasteiger charge is -2.02. The Kier molecular flexibility index (Phi) is 12.0. The largest absolute Gasteiger partial charge is 0.352 e. The lowest BCUT2D eigenvalue weighted by atomic mass is 10.2. The second-order valence-electron chi connectivity index (χ2n) is 5.40. The minimum atomic E-state index is -0.00106. The van der Waals surface area contributed by atoms with E-state index in [1.165, 1.54) is 0 Å². The molecule has 140 valence electrons. The zero-order chi connectivity index (χ0) is 19.0. The molecule has 26 heavy (non-hydrogen) atoms. The Labute approximate surface area is 164 Å². The number of alkyl halides is 2. The van der Waals surface area contributed by atoms with Crippen LogP contribution in [0, 0.1) is 0 Å². The third kappa shape index (κ3) is 10.7. The van der Waals surface area contributed by atoms with Gasteiger partial charge in [0.1, 0.15) is 0 Å². The fourth-order valence-corrected chi connectivity index (χ4v) is 2.28. The first-order valence-corrected chi connectivity index (χ1v) is 9.45. The Morgan fingerprint density at radius 3 is 1.31 bits per heavy atom. The summed E-state index contributed by atoms with van der Waals surface area (Å²) in [5, 5.41) is 5.55. The van der Waals surface area contributed by atoms with Gasteiger partial charge < -0.3 is 10.6 Å². The first-order chi connectivity index (χ1) is 12.7. The number of amides is 2. The predicted molar refractivity (Wildman–Crippen MR) is 107 cm³/mol. The molecule has 0 fully saturated rings. The van der Waals surface area contributed by atoms with E-state index in [1.807, 2.05) is 60.7 Å². The van der Waals surface area contributed by atoms with E-state index in [4.69, 9.17) is 23.2 Å². The Bertz CT molecular complexity index is 579. The van der Waals surface area contributed by atoms with Crippen molar-refractivity contribution < 1.29 is 9.59 Å². The molecule has 0 saturated carbocycles. The van der Waals surface area contributed by atoms with E-state index in [2.05, 4.69) is 10.6 Å². The van der Waals surface area contributed by atoms with Gasteiger partial charge in [-0.05, 0) is 11.1 Å². The molecule has 2 amide bonds. The minimum absolute atomic E-state index is 0.00106. The molecule has 2 aromatic rings. The molecule has 2 aromatic carbocycles. The SMILES string of the molecule is O=C(CCCl)NCc1ccccc1.O=C(CCCl)NCc1ccccc1. The monoisotopic (exact) mass is 394 g/mol. The van der Waals surface area contributed by atoms with Crippen molar-refractivity contribution in [3.8, 4) is 0 Å². The number of halogens is 2. The number of hydrogen-bond acceptors (Lipinski definition) is 2. The molecule has 0 heterocycles. The molecule has 0 radical (unpaired) electrons. The van der Waals surface area contributed by atoms with Crippen LogP contribution in [0.2, 0.25) is 0 Å². The molecule has 0 aliphatic heterocycles. The molecule has 0 atom stereocenters. The Morgan fingerprint density at radius 1 is 0.654 bits per heavy atom. The molecule has 0 unspecified atom stereocenters. The standard InChI is InChI=1S/2C10H12ClNO/c2*11-7-6-10(13)12-8-9-4-2-1-3-5-9/h2*1-5H,6-8H2,(H,12,13). The summed E-state index contributed by atoms with van der Waals surface area (Å²) in [6.07, 6.45) is 0.767. The van der Waals surface area contributed by atoms with Crippen molar-refractivity contribution in [1.82, 2.24) is 10.6 Å². The molecule has 0 bridgehead atoms. The zero-order valence-corrected chi connectivity index (χ0v) is 16.1. The van der Waals surface area contributed by atoms with Crippen LogP contribution in [0.15, 0.2) is 60.7 Å². The molecule has 0 aromatic heterocycles. The first-order valence-electron chi connectivity index (χ1n) is 8.39. The summed E-state index contributed by atoms with van der Waals surface area (Å²) in [4.78, 5) is 22.0. The molecule has 0 saturated heterocycles. The van der Waals surface area contributed by atoms with E-state index in [0.717, 1.165) is 11.1 Å². The van der Waals surface area contributed by atoms with Gasteiger partial charge in [0.15, 0.2) is 0 Å². The summed E-state index contributed by atoms with van der Waals surface area (Å²) in [6.45, 7) is 1.16. The number of carbonyl (C=O) groups is 2. The summed E-state index contributed by atoms with van der Waals surface area (Å²) < 4.78 is 0. The van der Waals surface area contributed by atoms with Gasteiger partial charge in [-0.15, -0.1) is 23.2 Å². The van der Waals surface area contributed by atoms with E-state index >= 15 is 0 Å². The highest BCUT2D eigenvalue weighted by molar-refractivity contribution is 6.19. The topological polar surface area (TPSA) is 58.2 Å². The van der Waals surface area contributed by atoms with Crippen LogP contribution in [0.1, 0.15) is 24.0 Å². The van der Waals surface area contributed by atoms with Crippen LogP contribution < -0.4 is 10.6 Å². The fraction of sp³-hybridized carbons (Fsp3) is 0.300. The third-order valence-electron chi connectivity index (χ3n) is 3.31. The van der Waals surface area contributed by atoms with Gasteiger partial charge in [-0.1, -0.05) is 60.7 Å². The van der Waals surface area contributed by atoms with Crippen molar-refractivity contribution in [3.05, 3.63) is 71.8 Å². The zero-order valence-electron chi connectivity index (χ0n) is 14.6. The smallest absolute Gasteiger partial charge is 0.221 e. The third-order valence-corrected chi connectivity index (χ3v) is 3.69. The van der Waals surface area contributed by atoms with E-state index in [-0.39, 0.29) is 11.8 Å². The maximum Gasteiger partial charge on any atom is 0.221 e. The maximum atomic E-state index is 11.0. The number of hydrogen-bond donors (Lipinski definition) is 2. The van der Waals surface area contributed by atoms with Crippen LogP contribution >= 0.6 is 23.2 Å². The van der Waals surface area contributed by atoms with Gasteiger partial charge in [0.05, 0.1) is 0 Å². The van der Waals surface area contributed by atoms with Crippen LogP contribution in [0.3, 0.4) is 0 Å². The minimum Gasteiger partial charge on any atom is -0.352 e. The van der Waals surface area contributed by atoms with Gasteiger partial charge >= 0.3 is 0 Å². The molecule has 0 spiro atoms. The quantitative estimate of drug-likeness (QED) is 0.667. The molecule has 4 nitrogen and oxygen atoms in total. The second-order valence-corrected chi connectivity index (χ2v) is 6.16. The summed E-state index contributed by atoms with van der Waals surface area (Å²) in [6, 6.07) is 19.6. The number of rotatable bonds is 8. The predicted octanol–water partition coefficient (Wildman–Crippen LogP) is 3.86. The van der Waals surface area contributed by atoms with E-state index < -0.39 is 0 Å². The first kappa shape index (κ1) is 22.0. The lowest BCUT2D eigenvalue weighted by molar-refractivity contribution is -0.121. The van der Waals surface area contributed by atoms with E-state index in [1.54, 1.807) is 0 Å². The van der Waals surface area contributed by atoms with Gasteiger partial charge in [-0.3, -0.25) is 9.59 Å². The highest BCUT2D eigenvalue weighted by Gasteiger charge is 1.99. The van der Waals surface area contributed by atoms with Crippen LogP contribution in [0.4, 0.5) is 0 Å². The van der Waals surface area contributed by atoms with Crippen LogP contribution in [-0.4, -0.2) is 23.6 Å². The molecular formula is C20H24Cl2N2O2. The van der Waals surface area contributed by atoms with Crippen molar-refractivity contribution in [2.75, 3.05) is 11.8 Å². The van der Waals surface area contributed by atoms with Crippen LogP contribution in [-0.2, 0) is 22.7 Å². The average molecular weight is 395 g/mol. The van der Waals surface area contributed by atoms with Crippen molar-refractivity contribution >= 4 is 35.0 Å². The molecule has 0 aliphatic rings. The van der Waals surface area contributed by atoms with Gasteiger partial charge in [-0.2, -0.15) is 0 Å². The summed E-state index contributed by atoms with van der Waals surface area (Å²) in [5.74, 6) is 0.749. The highest BCUT2D eigenvalue weighted by atomic mass is 35.5. The molecule has 2 N–H and O–H groups in total.